The number of benzene rings is 2. The highest BCUT2D eigenvalue weighted by atomic mass is 16.6. The number of para-hydroxylation sites is 2. The van der Waals surface area contributed by atoms with E-state index < -0.39 is 6.09 Å². The predicted octanol–water partition coefficient (Wildman–Crippen LogP) is 4.05. The van der Waals surface area contributed by atoms with Crippen molar-refractivity contribution in [2.45, 2.75) is 44.8 Å². The quantitative estimate of drug-likeness (QED) is 0.790. The number of aryl methyl sites for hydroxylation is 1. The summed E-state index contributed by atoms with van der Waals surface area (Å²) in [6.07, 6.45) is 2.50. The molecule has 6 heteroatoms. The molecule has 1 aliphatic rings. The molecule has 2 aromatic carbocycles. The number of rotatable bonds is 6. The molecule has 0 saturated heterocycles. The largest absolute Gasteiger partial charge is 0.484 e. The zero-order valence-corrected chi connectivity index (χ0v) is 16.0. The monoisotopic (exact) mass is 382 g/mol. The number of carbonyl (C=O) groups is 2. The van der Waals surface area contributed by atoms with Crippen LogP contribution in [-0.2, 0) is 9.53 Å². The Labute approximate surface area is 165 Å². The van der Waals surface area contributed by atoms with Crippen LogP contribution in [0.2, 0.25) is 0 Å². The van der Waals surface area contributed by atoms with Crippen molar-refractivity contribution in [1.82, 2.24) is 5.32 Å². The first-order chi connectivity index (χ1) is 13.6. The lowest BCUT2D eigenvalue weighted by Crippen LogP contribution is -2.43. The molecule has 1 fully saturated rings. The number of hydrogen-bond acceptors (Lipinski definition) is 4. The molecular weight excluding hydrogens is 356 g/mol. The smallest absolute Gasteiger partial charge is 0.411 e. The maximum absolute atomic E-state index is 12.2. The van der Waals surface area contributed by atoms with Crippen LogP contribution in [0.1, 0.15) is 31.2 Å². The van der Waals surface area contributed by atoms with E-state index >= 15 is 0 Å². The van der Waals surface area contributed by atoms with Gasteiger partial charge in [0.2, 0.25) is 0 Å². The third kappa shape index (κ3) is 6.01. The molecule has 1 aliphatic carbocycles. The third-order valence-electron chi connectivity index (χ3n) is 4.74. The van der Waals surface area contributed by atoms with Gasteiger partial charge in [-0.3, -0.25) is 10.1 Å². The van der Waals surface area contributed by atoms with Crippen LogP contribution in [0.4, 0.5) is 10.5 Å². The van der Waals surface area contributed by atoms with E-state index in [1.807, 2.05) is 49.4 Å². The standard InChI is InChI=1S/C22H26N2O4/c1-16-8-5-6-13-20(16)27-15-21(25)23-18-11-7-12-19(14-18)28-22(26)24-17-9-3-2-4-10-17/h2-6,8-10,13,18-19H,7,11-12,14-15H2,1H3,(H,23,25)(H,24,26)/t18-,19-/m1/s1. The highest BCUT2D eigenvalue weighted by Crippen LogP contribution is 2.22. The summed E-state index contributed by atoms with van der Waals surface area (Å²) in [5.74, 6) is 0.544. The number of anilines is 1. The molecule has 0 bridgehead atoms. The molecule has 2 atom stereocenters. The van der Waals surface area contributed by atoms with Gasteiger partial charge in [-0.1, -0.05) is 36.4 Å². The average Bonchev–Trinajstić information content (AvgIpc) is 2.68. The Hall–Kier alpha value is -3.02. The van der Waals surface area contributed by atoms with E-state index in [4.69, 9.17) is 9.47 Å². The first-order valence-electron chi connectivity index (χ1n) is 9.60. The van der Waals surface area contributed by atoms with Gasteiger partial charge < -0.3 is 14.8 Å². The number of amides is 2. The van der Waals surface area contributed by atoms with E-state index in [2.05, 4.69) is 10.6 Å². The van der Waals surface area contributed by atoms with Crippen molar-refractivity contribution in [3.05, 3.63) is 60.2 Å². The van der Waals surface area contributed by atoms with Crippen LogP contribution < -0.4 is 15.4 Å². The summed E-state index contributed by atoms with van der Waals surface area (Å²) >= 11 is 0. The maximum Gasteiger partial charge on any atom is 0.411 e. The lowest BCUT2D eigenvalue weighted by molar-refractivity contribution is -0.124. The van der Waals surface area contributed by atoms with Gasteiger partial charge in [0, 0.05) is 18.2 Å². The number of nitrogens with one attached hydrogen (secondary N) is 2. The molecule has 2 amide bonds. The predicted molar refractivity (Wildman–Crippen MR) is 107 cm³/mol. The van der Waals surface area contributed by atoms with Gasteiger partial charge in [-0.15, -0.1) is 0 Å². The van der Waals surface area contributed by atoms with Crippen molar-refractivity contribution in [2.75, 3.05) is 11.9 Å². The molecular formula is C22H26N2O4. The van der Waals surface area contributed by atoms with Crippen molar-refractivity contribution in [3.8, 4) is 5.75 Å². The minimum atomic E-state index is -0.467. The highest BCUT2D eigenvalue weighted by Gasteiger charge is 2.26. The van der Waals surface area contributed by atoms with E-state index in [-0.39, 0.29) is 24.7 Å². The third-order valence-corrected chi connectivity index (χ3v) is 4.74. The van der Waals surface area contributed by atoms with Gasteiger partial charge in [0.25, 0.3) is 5.91 Å². The Bertz CT molecular complexity index is 794. The normalized spacial score (nSPS) is 18.8. The summed E-state index contributed by atoms with van der Waals surface area (Å²) in [7, 11) is 0. The average molecular weight is 382 g/mol. The first kappa shape index (κ1) is 19.7. The lowest BCUT2D eigenvalue weighted by Gasteiger charge is -2.29. The molecule has 0 aromatic heterocycles. The van der Waals surface area contributed by atoms with Crippen LogP contribution >= 0.6 is 0 Å². The molecule has 0 spiro atoms. The van der Waals surface area contributed by atoms with E-state index in [1.165, 1.54) is 0 Å². The van der Waals surface area contributed by atoms with Gasteiger partial charge in [-0.25, -0.2) is 4.79 Å². The second-order valence-electron chi connectivity index (χ2n) is 7.00. The zero-order valence-electron chi connectivity index (χ0n) is 16.0. The fraction of sp³-hybridized carbons (Fsp3) is 0.364. The fourth-order valence-corrected chi connectivity index (χ4v) is 3.33. The number of hydrogen-bond donors (Lipinski definition) is 2. The minimum absolute atomic E-state index is 0.0174. The number of ether oxygens (including phenoxy) is 2. The Kier molecular flexibility index (Phi) is 6.89. The molecule has 0 aliphatic heterocycles. The fourth-order valence-electron chi connectivity index (χ4n) is 3.33. The summed E-state index contributed by atoms with van der Waals surface area (Å²) in [6, 6.07) is 16.8. The van der Waals surface area contributed by atoms with Crippen molar-refractivity contribution >= 4 is 17.7 Å². The van der Waals surface area contributed by atoms with Crippen LogP contribution in [0.15, 0.2) is 54.6 Å². The lowest BCUT2D eigenvalue weighted by atomic mass is 9.93. The second-order valence-corrected chi connectivity index (χ2v) is 7.00. The van der Waals surface area contributed by atoms with E-state index in [0.29, 0.717) is 17.9 Å². The molecule has 2 aromatic rings. The highest BCUT2D eigenvalue weighted by molar-refractivity contribution is 5.84. The molecule has 2 N–H and O–H groups in total. The molecule has 3 rings (SSSR count). The molecule has 1 saturated carbocycles. The summed E-state index contributed by atoms with van der Waals surface area (Å²) < 4.78 is 11.1. The van der Waals surface area contributed by atoms with E-state index in [0.717, 1.165) is 24.8 Å². The van der Waals surface area contributed by atoms with Gasteiger partial charge in [-0.05, 0) is 49.9 Å². The molecule has 28 heavy (non-hydrogen) atoms. The minimum Gasteiger partial charge on any atom is -0.484 e. The summed E-state index contributed by atoms with van der Waals surface area (Å²) in [5.41, 5.74) is 1.69. The van der Waals surface area contributed by atoms with Crippen molar-refractivity contribution in [1.29, 1.82) is 0 Å². The molecule has 0 unspecified atom stereocenters. The van der Waals surface area contributed by atoms with Crippen molar-refractivity contribution in [3.63, 3.8) is 0 Å². The number of carbonyl (C=O) groups excluding carboxylic acids is 2. The Morgan fingerprint density at radius 1 is 1.04 bits per heavy atom. The Balaban J connectivity index is 1.42. The van der Waals surface area contributed by atoms with Crippen molar-refractivity contribution in [2.24, 2.45) is 0 Å². The zero-order chi connectivity index (χ0) is 19.8. The first-order valence-corrected chi connectivity index (χ1v) is 9.60. The van der Waals surface area contributed by atoms with Crippen LogP contribution in [-0.4, -0.2) is 30.8 Å². The summed E-state index contributed by atoms with van der Waals surface area (Å²) in [6.45, 7) is 1.91. The topological polar surface area (TPSA) is 76.7 Å². The molecule has 6 nitrogen and oxygen atoms in total. The SMILES string of the molecule is Cc1ccccc1OCC(=O)N[C@@H]1CCC[C@@H](OC(=O)Nc2ccccc2)C1. The second kappa shape index (κ2) is 9.78. The van der Waals surface area contributed by atoms with Gasteiger partial charge in [-0.2, -0.15) is 0 Å². The molecule has 0 heterocycles. The molecule has 0 radical (unpaired) electrons. The van der Waals surface area contributed by atoms with Gasteiger partial charge in [0.05, 0.1) is 0 Å². The van der Waals surface area contributed by atoms with Crippen LogP contribution in [0.25, 0.3) is 0 Å². The maximum atomic E-state index is 12.2. The summed E-state index contributed by atoms with van der Waals surface area (Å²) in [4.78, 5) is 24.3. The summed E-state index contributed by atoms with van der Waals surface area (Å²) in [5, 5.41) is 5.71. The van der Waals surface area contributed by atoms with Crippen molar-refractivity contribution < 1.29 is 19.1 Å². The van der Waals surface area contributed by atoms with Gasteiger partial charge in [0.1, 0.15) is 11.9 Å². The van der Waals surface area contributed by atoms with Crippen LogP contribution in [0.5, 0.6) is 5.75 Å². The Morgan fingerprint density at radius 2 is 1.79 bits per heavy atom. The van der Waals surface area contributed by atoms with E-state index in [1.54, 1.807) is 12.1 Å². The van der Waals surface area contributed by atoms with Crippen LogP contribution in [0, 0.1) is 6.92 Å². The van der Waals surface area contributed by atoms with Gasteiger partial charge >= 0.3 is 6.09 Å². The van der Waals surface area contributed by atoms with Crippen LogP contribution in [0.3, 0.4) is 0 Å². The Morgan fingerprint density at radius 3 is 2.57 bits per heavy atom. The molecule has 148 valence electrons. The van der Waals surface area contributed by atoms with E-state index in [9.17, 15) is 9.59 Å². The van der Waals surface area contributed by atoms with Gasteiger partial charge in [0.15, 0.2) is 6.61 Å².